The third-order valence-corrected chi connectivity index (χ3v) is 6.11. The maximum Gasteiger partial charge on any atom is 0.337 e. The maximum atomic E-state index is 11.6. The number of hydrogen-bond donors (Lipinski definition) is 0. The number of carbonyl (C=O) groups is 1. The lowest BCUT2D eigenvalue weighted by Gasteiger charge is -2.08. The second-order valence-corrected chi connectivity index (χ2v) is 9.03. The third-order valence-electron chi connectivity index (χ3n) is 6.11. The van der Waals surface area contributed by atoms with Gasteiger partial charge in [-0.05, 0) is 73.9 Å². The second kappa shape index (κ2) is 18.5. The average Bonchev–Trinajstić information content (AvgIpc) is 2.90. The molecule has 0 heterocycles. The molecule has 0 bridgehead atoms. The van der Waals surface area contributed by atoms with Gasteiger partial charge in [0.25, 0.3) is 0 Å². The lowest BCUT2D eigenvalue weighted by molar-refractivity contribution is 0.0600. The van der Waals surface area contributed by atoms with Gasteiger partial charge < -0.3 is 9.47 Å². The molecule has 190 valence electrons. The molecule has 0 aliphatic carbocycles. The molecule has 0 saturated carbocycles. The standard InChI is InChI=1S/C32H44O3/c1-3-4-5-6-7-8-9-10-11-12-13-14-15-16-17-18-27-35-31-25-23-29(24-26-31)28-19-21-30(22-20-28)32(33)34-2/h7-8,10-11,19-26H,3-6,9,12-18,27H2,1-2H3. The Balaban J connectivity index is 1.48. The monoisotopic (exact) mass is 476 g/mol. The molecule has 0 amide bonds. The summed E-state index contributed by atoms with van der Waals surface area (Å²) < 4.78 is 10.7. The summed E-state index contributed by atoms with van der Waals surface area (Å²) in [6.45, 7) is 3.02. The van der Waals surface area contributed by atoms with Crippen LogP contribution >= 0.6 is 0 Å². The van der Waals surface area contributed by atoms with Crippen LogP contribution in [-0.4, -0.2) is 19.7 Å². The molecule has 0 aromatic heterocycles. The minimum absolute atomic E-state index is 0.315. The first-order valence-corrected chi connectivity index (χ1v) is 13.5. The van der Waals surface area contributed by atoms with E-state index >= 15 is 0 Å². The lowest BCUT2D eigenvalue weighted by Crippen LogP contribution is -2.00. The molecule has 0 unspecified atom stereocenters. The second-order valence-electron chi connectivity index (χ2n) is 9.03. The molecule has 0 fully saturated rings. The summed E-state index contributed by atoms with van der Waals surface area (Å²) in [4.78, 5) is 11.6. The Kier molecular flexibility index (Phi) is 15.0. The summed E-state index contributed by atoms with van der Waals surface area (Å²) >= 11 is 0. The third kappa shape index (κ3) is 12.5. The molecule has 0 atom stereocenters. The summed E-state index contributed by atoms with van der Waals surface area (Å²) in [5.74, 6) is 0.590. The van der Waals surface area contributed by atoms with E-state index in [2.05, 4.69) is 43.4 Å². The lowest BCUT2D eigenvalue weighted by atomic mass is 10.0. The van der Waals surface area contributed by atoms with Crippen LogP contribution < -0.4 is 4.74 Å². The van der Waals surface area contributed by atoms with Crippen LogP contribution in [0.2, 0.25) is 0 Å². The van der Waals surface area contributed by atoms with E-state index in [9.17, 15) is 4.79 Å². The molecular formula is C32H44O3. The van der Waals surface area contributed by atoms with Crippen LogP contribution in [0.1, 0.15) is 94.3 Å². The van der Waals surface area contributed by atoms with Gasteiger partial charge in [0.2, 0.25) is 0 Å². The zero-order chi connectivity index (χ0) is 25.0. The Morgan fingerprint density at radius 1 is 0.686 bits per heavy atom. The van der Waals surface area contributed by atoms with Gasteiger partial charge in [-0.15, -0.1) is 0 Å². The zero-order valence-electron chi connectivity index (χ0n) is 21.8. The Bertz CT molecular complexity index is 863. The zero-order valence-corrected chi connectivity index (χ0v) is 21.8. The number of ether oxygens (including phenoxy) is 2. The van der Waals surface area contributed by atoms with Gasteiger partial charge in [0.15, 0.2) is 0 Å². The quantitative estimate of drug-likeness (QED) is 0.122. The first-order chi connectivity index (χ1) is 17.2. The molecule has 3 nitrogen and oxygen atoms in total. The SMILES string of the molecule is CCCCCC=CCC=CCCCCCCCCOc1ccc(-c2ccc(C(=O)OC)cc2)cc1. The van der Waals surface area contributed by atoms with Crippen LogP contribution in [0, 0.1) is 0 Å². The number of methoxy groups -OCH3 is 1. The first kappa shape index (κ1) is 28.4. The van der Waals surface area contributed by atoms with E-state index in [-0.39, 0.29) is 5.97 Å². The topological polar surface area (TPSA) is 35.5 Å². The molecule has 0 saturated heterocycles. The predicted octanol–water partition coefficient (Wildman–Crippen LogP) is 9.33. The highest BCUT2D eigenvalue weighted by Crippen LogP contribution is 2.23. The number of allylic oxidation sites excluding steroid dienone is 4. The van der Waals surface area contributed by atoms with Crippen LogP contribution in [0.4, 0.5) is 0 Å². The van der Waals surface area contributed by atoms with E-state index in [0.29, 0.717) is 5.56 Å². The molecule has 0 aliphatic heterocycles. The summed E-state index contributed by atoms with van der Waals surface area (Å²) in [5, 5.41) is 0. The largest absolute Gasteiger partial charge is 0.494 e. The smallest absolute Gasteiger partial charge is 0.337 e. The van der Waals surface area contributed by atoms with Crippen molar-refractivity contribution < 1.29 is 14.3 Å². The van der Waals surface area contributed by atoms with Gasteiger partial charge in [-0.25, -0.2) is 4.79 Å². The van der Waals surface area contributed by atoms with E-state index in [1.54, 1.807) is 12.1 Å². The van der Waals surface area contributed by atoms with Crippen LogP contribution in [0.3, 0.4) is 0 Å². The number of unbranched alkanes of at least 4 members (excludes halogenated alkanes) is 9. The van der Waals surface area contributed by atoms with Gasteiger partial charge >= 0.3 is 5.97 Å². The molecule has 0 radical (unpaired) electrons. The Morgan fingerprint density at radius 3 is 1.83 bits per heavy atom. The summed E-state index contributed by atoms with van der Waals surface area (Å²) in [6, 6.07) is 15.6. The normalized spacial score (nSPS) is 11.4. The number of esters is 1. The van der Waals surface area contributed by atoms with Crippen molar-refractivity contribution in [2.24, 2.45) is 0 Å². The van der Waals surface area contributed by atoms with Crippen molar-refractivity contribution in [2.75, 3.05) is 13.7 Å². The van der Waals surface area contributed by atoms with E-state index in [1.165, 1.54) is 71.3 Å². The molecule has 0 aliphatic rings. The van der Waals surface area contributed by atoms with Crippen molar-refractivity contribution in [2.45, 2.75) is 84.0 Å². The summed E-state index contributed by atoms with van der Waals surface area (Å²) in [6.07, 6.45) is 24.3. The number of rotatable bonds is 18. The molecule has 0 N–H and O–H groups in total. The first-order valence-electron chi connectivity index (χ1n) is 13.5. The Hall–Kier alpha value is -2.81. The highest BCUT2D eigenvalue weighted by Gasteiger charge is 2.05. The van der Waals surface area contributed by atoms with Crippen molar-refractivity contribution in [3.05, 3.63) is 78.4 Å². The van der Waals surface area contributed by atoms with Crippen molar-refractivity contribution in [3.63, 3.8) is 0 Å². The van der Waals surface area contributed by atoms with Crippen LogP contribution in [0.5, 0.6) is 5.75 Å². The minimum Gasteiger partial charge on any atom is -0.494 e. The average molecular weight is 477 g/mol. The molecule has 2 aromatic rings. The Labute approximate surface area is 213 Å². The summed E-state index contributed by atoms with van der Waals surface area (Å²) in [5.41, 5.74) is 2.72. The van der Waals surface area contributed by atoms with Crippen LogP contribution in [-0.2, 0) is 4.74 Å². The number of hydrogen-bond acceptors (Lipinski definition) is 3. The Morgan fingerprint density at radius 2 is 1.23 bits per heavy atom. The van der Waals surface area contributed by atoms with Crippen molar-refractivity contribution in [1.82, 2.24) is 0 Å². The van der Waals surface area contributed by atoms with E-state index in [4.69, 9.17) is 9.47 Å². The number of benzene rings is 2. The van der Waals surface area contributed by atoms with Gasteiger partial charge in [-0.1, -0.05) is 94.0 Å². The highest BCUT2D eigenvalue weighted by atomic mass is 16.5. The van der Waals surface area contributed by atoms with E-state index < -0.39 is 0 Å². The molecule has 2 rings (SSSR count). The van der Waals surface area contributed by atoms with Gasteiger partial charge in [0.1, 0.15) is 5.75 Å². The molecule has 35 heavy (non-hydrogen) atoms. The molecule has 3 heteroatoms. The van der Waals surface area contributed by atoms with Crippen molar-refractivity contribution >= 4 is 5.97 Å². The summed E-state index contributed by atoms with van der Waals surface area (Å²) in [7, 11) is 1.39. The molecule has 0 spiro atoms. The van der Waals surface area contributed by atoms with Gasteiger partial charge in [0.05, 0.1) is 19.3 Å². The molecular weight excluding hydrogens is 432 g/mol. The van der Waals surface area contributed by atoms with Gasteiger partial charge in [-0.2, -0.15) is 0 Å². The van der Waals surface area contributed by atoms with Crippen molar-refractivity contribution in [3.8, 4) is 16.9 Å². The van der Waals surface area contributed by atoms with Gasteiger partial charge in [-0.3, -0.25) is 0 Å². The minimum atomic E-state index is -0.315. The van der Waals surface area contributed by atoms with E-state index in [1.807, 2.05) is 24.3 Å². The highest BCUT2D eigenvalue weighted by molar-refractivity contribution is 5.89. The number of carbonyl (C=O) groups excluding carboxylic acids is 1. The van der Waals surface area contributed by atoms with Crippen LogP contribution in [0.25, 0.3) is 11.1 Å². The van der Waals surface area contributed by atoms with Gasteiger partial charge in [0, 0.05) is 0 Å². The fourth-order valence-corrected chi connectivity index (χ4v) is 3.94. The maximum absolute atomic E-state index is 11.6. The fraction of sp³-hybridized carbons (Fsp3) is 0.469. The van der Waals surface area contributed by atoms with Crippen LogP contribution in [0.15, 0.2) is 72.8 Å². The fourth-order valence-electron chi connectivity index (χ4n) is 3.94. The van der Waals surface area contributed by atoms with E-state index in [0.717, 1.165) is 36.3 Å². The van der Waals surface area contributed by atoms with Crippen molar-refractivity contribution in [1.29, 1.82) is 0 Å². The molecule has 2 aromatic carbocycles. The predicted molar refractivity (Wildman–Crippen MR) is 148 cm³/mol.